The summed E-state index contributed by atoms with van der Waals surface area (Å²) in [6.07, 6.45) is 1.40. The molecule has 3 aromatic carbocycles. The van der Waals surface area contributed by atoms with Crippen LogP contribution < -0.4 is 0 Å². The number of aliphatic carboxylic acids is 1. The zero-order valence-electron chi connectivity index (χ0n) is 19.0. The fourth-order valence-corrected chi connectivity index (χ4v) is 5.49. The molecule has 0 radical (unpaired) electrons. The molecular formula is C30H19N3O2S. The summed E-state index contributed by atoms with van der Waals surface area (Å²) in [5.74, 6) is -1.22. The quantitative estimate of drug-likeness (QED) is 0.196. The van der Waals surface area contributed by atoms with Gasteiger partial charge in [-0.25, -0.2) is 4.79 Å². The highest BCUT2D eigenvalue weighted by Crippen LogP contribution is 2.34. The summed E-state index contributed by atoms with van der Waals surface area (Å²) in [6, 6.07) is 34.9. The number of carbonyl (C=O) groups is 1. The first-order valence-corrected chi connectivity index (χ1v) is 12.2. The Morgan fingerprint density at radius 2 is 1.47 bits per heavy atom. The second-order valence-corrected chi connectivity index (χ2v) is 9.49. The minimum Gasteiger partial charge on any atom is -0.477 e. The third-order valence-corrected chi connectivity index (χ3v) is 7.30. The standard InChI is InChI=1S/C30H19N3O2S/c31-18-20(30(34)35)17-22-13-16-29(36-22)26-15-14-25(32-26)19-9-11-21(12-10-19)33-27-7-3-1-5-23(27)24-6-2-4-8-28(24)33/h1-17,32H,(H,34,35)/b20-17-. The number of aromatic nitrogens is 2. The Morgan fingerprint density at radius 3 is 2.11 bits per heavy atom. The van der Waals surface area contributed by atoms with Gasteiger partial charge in [-0.3, -0.25) is 0 Å². The summed E-state index contributed by atoms with van der Waals surface area (Å²) in [6.45, 7) is 0. The van der Waals surface area contributed by atoms with Crippen LogP contribution in [0.15, 0.2) is 103 Å². The summed E-state index contributed by atoms with van der Waals surface area (Å²) in [7, 11) is 0. The van der Waals surface area contributed by atoms with Crippen molar-refractivity contribution in [1.82, 2.24) is 9.55 Å². The number of thiophene rings is 1. The van der Waals surface area contributed by atoms with Crippen molar-refractivity contribution in [3.8, 4) is 33.6 Å². The highest BCUT2D eigenvalue weighted by Gasteiger charge is 2.12. The molecule has 0 bridgehead atoms. The van der Waals surface area contributed by atoms with Gasteiger partial charge in [0.05, 0.1) is 21.6 Å². The first-order chi connectivity index (χ1) is 17.6. The van der Waals surface area contributed by atoms with Gasteiger partial charge >= 0.3 is 5.97 Å². The van der Waals surface area contributed by atoms with Crippen LogP contribution in [0.3, 0.4) is 0 Å². The van der Waals surface area contributed by atoms with Gasteiger partial charge in [0.2, 0.25) is 0 Å². The topological polar surface area (TPSA) is 81.8 Å². The minimum absolute atomic E-state index is 0.279. The second-order valence-electron chi connectivity index (χ2n) is 8.38. The number of nitriles is 1. The van der Waals surface area contributed by atoms with E-state index in [1.807, 2.05) is 24.3 Å². The molecule has 3 heterocycles. The molecule has 0 atom stereocenters. The predicted octanol–water partition coefficient (Wildman–Crippen LogP) is 7.50. The second kappa shape index (κ2) is 8.73. The lowest BCUT2D eigenvalue weighted by Crippen LogP contribution is -1.96. The van der Waals surface area contributed by atoms with Crippen molar-refractivity contribution >= 4 is 45.2 Å². The first-order valence-electron chi connectivity index (χ1n) is 11.4. The largest absolute Gasteiger partial charge is 0.477 e. The molecule has 0 saturated heterocycles. The van der Waals surface area contributed by atoms with Crippen LogP contribution in [0.5, 0.6) is 0 Å². The molecule has 0 aliphatic heterocycles. The predicted molar refractivity (Wildman–Crippen MR) is 145 cm³/mol. The summed E-state index contributed by atoms with van der Waals surface area (Å²) in [5.41, 5.74) is 6.18. The van der Waals surface area contributed by atoms with E-state index < -0.39 is 5.97 Å². The maximum Gasteiger partial charge on any atom is 0.346 e. The number of hydrogen-bond acceptors (Lipinski definition) is 3. The molecule has 6 aromatic rings. The van der Waals surface area contributed by atoms with Crippen molar-refractivity contribution in [2.45, 2.75) is 0 Å². The fraction of sp³-hybridized carbons (Fsp3) is 0. The molecule has 0 amide bonds. The van der Waals surface area contributed by atoms with Crippen LogP contribution in [0.1, 0.15) is 4.88 Å². The van der Waals surface area contributed by atoms with E-state index >= 15 is 0 Å². The molecule has 5 nitrogen and oxygen atoms in total. The van der Waals surface area contributed by atoms with Crippen molar-refractivity contribution in [3.05, 3.63) is 108 Å². The Kier molecular flexibility index (Phi) is 5.25. The SMILES string of the molecule is N#C/C(=C/c1ccc(-c2ccc(-c3ccc(-n4c5ccccc5c5ccccc54)cc3)[nH]2)s1)C(=O)O. The highest BCUT2D eigenvalue weighted by atomic mass is 32.1. The van der Waals surface area contributed by atoms with Crippen molar-refractivity contribution in [2.75, 3.05) is 0 Å². The van der Waals surface area contributed by atoms with Crippen LogP contribution in [0.4, 0.5) is 0 Å². The van der Waals surface area contributed by atoms with E-state index in [0.717, 1.165) is 32.4 Å². The molecule has 172 valence electrons. The fourth-order valence-electron chi connectivity index (χ4n) is 4.56. The van der Waals surface area contributed by atoms with Gasteiger partial charge in [-0.1, -0.05) is 48.5 Å². The average Bonchev–Trinajstić information content (AvgIpc) is 3.65. The number of rotatable bonds is 5. The van der Waals surface area contributed by atoms with Gasteiger partial charge in [-0.05, 0) is 60.2 Å². The van der Waals surface area contributed by atoms with Gasteiger partial charge in [0, 0.05) is 27.0 Å². The van der Waals surface area contributed by atoms with Crippen LogP contribution >= 0.6 is 11.3 Å². The number of H-pyrrole nitrogens is 1. The molecule has 0 spiro atoms. The average molecular weight is 486 g/mol. The number of carboxylic acids is 1. The van der Waals surface area contributed by atoms with Crippen LogP contribution in [0, 0.1) is 11.3 Å². The van der Waals surface area contributed by atoms with Gasteiger partial charge in [-0.15, -0.1) is 11.3 Å². The molecule has 36 heavy (non-hydrogen) atoms. The number of aromatic amines is 1. The summed E-state index contributed by atoms with van der Waals surface area (Å²) in [5, 5.41) is 20.5. The van der Waals surface area contributed by atoms with E-state index in [9.17, 15) is 4.79 Å². The lowest BCUT2D eigenvalue weighted by atomic mass is 10.1. The van der Waals surface area contributed by atoms with Crippen molar-refractivity contribution in [2.24, 2.45) is 0 Å². The van der Waals surface area contributed by atoms with Crippen molar-refractivity contribution in [3.63, 3.8) is 0 Å². The number of carboxylic acid groups (broad SMARTS) is 1. The van der Waals surface area contributed by atoms with E-state index in [1.165, 1.54) is 39.2 Å². The van der Waals surface area contributed by atoms with E-state index in [2.05, 4.69) is 82.3 Å². The van der Waals surface area contributed by atoms with Crippen LogP contribution in [-0.4, -0.2) is 20.6 Å². The summed E-state index contributed by atoms with van der Waals surface area (Å²) >= 11 is 1.43. The lowest BCUT2D eigenvalue weighted by molar-refractivity contribution is -0.132. The number of nitrogens with one attached hydrogen (secondary N) is 1. The Labute approximate surface area is 210 Å². The molecule has 0 fully saturated rings. The lowest BCUT2D eigenvalue weighted by Gasteiger charge is -2.09. The molecule has 3 aromatic heterocycles. The number of benzene rings is 3. The Hall–Kier alpha value is -4.86. The van der Waals surface area contributed by atoms with E-state index in [0.29, 0.717) is 0 Å². The van der Waals surface area contributed by atoms with Crippen LogP contribution in [0.25, 0.3) is 55.4 Å². The maximum atomic E-state index is 11.1. The Bertz CT molecular complexity index is 1770. The molecule has 0 saturated carbocycles. The monoisotopic (exact) mass is 485 g/mol. The third-order valence-electron chi connectivity index (χ3n) is 6.23. The smallest absolute Gasteiger partial charge is 0.346 e. The zero-order valence-corrected chi connectivity index (χ0v) is 19.8. The molecule has 6 heteroatoms. The van der Waals surface area contributed by atoms with E-state index in [4.69, 9.17) is 10.4 Å². The zero-order chi connectivity index (χ0) is 24.6. The van der Waals surface area contributed by atoms with Gasteiger partial charge in [0.1, 0.15) is 11.6 Å². The van der Waals surface area contributed by atoms with Crippen LogP contribution in [0.2, 0.25) is 0 Å². The maximum absolute atomic E-state index is 11.1. The Morgan fingerprint density at radius 1 is 0.833 bits per heavy atom. The summed E-state index contributed by atoms with van der Waals surface area (Å²) in [4.78, 5) is 16.3. The number of para-hydroxylation sites is 2. The molecule has 0 aliphatic rings. The van der Waals surface area contributed by atoms with Gasteiger partial charge in [-0.2, -0.15) is 5.26 Å². The van der Waals surface area contributed by atoms with E-state index in [-0.39, 0.29) is 5.57 Å². The highest BCUT2D eigenvalue weighted by molar-refractivity contribution is 7.16. The van der Waals surface area contributed by atoms with Gasteiger partial charge in [0.15, 0.2) is 0 Å². The first kappa shape index (κ1) is 21.7. The van der Waals surface area contributed by atoms with E-state index in [1.54, 1.807) is 6.07 Å². The van der Waals surface area contributed by atoms with Crippen LogP contribution in [-0.2, 0) is 4.79 Å². The Balaban J connectivity index is 1.32. The molecule has 2 N–H and O–H groups in total. The molecule has 0 aliphatic carbocycles. The molecule has 6 rings (SSSR count). The number of fused-ring (bicyclic) bond motifs is 3. The summed E-state index contributed by atoms with van der Waals surface area (Å²) < 4.78 is 2.29. The van der Waals surface area contributed by atoms with Gasteiger partial charge < -0.3 is 14.7 Å². The van der Waals surface area contributed by atoms with Gasteiger partial charge in [0.25, 0.3) is 0 Å². The minimum atomic E-state index is -1.22. The third kappa shape index (κ3) is 3.68. The molecular weight excluding hydrogens is 466 g/mol. The number of hydrogen-bond donors (Lipinski definition) is 2. The number of nitrogens with zero attached hydrogens (tertiary/aromatic N) is 2. The normalized spacial score (nSPS) is 11.7. The van der Waals surface area contributed by atoms with Crippen molar-refractivity contribution < 1.29 is 9.90 Å². The van der Waals surface area contributed by atoms with Crippen molar-refractivity contribution in [1.29, 1.82) is 5.26 Å². The molecule has 0 unspecified atom stereocenters.